The summed E-state index contributed by atoms with van der Waals surface area (Å²) in [5, 5.41) is 4.40. The lowest BCUT2D eigenvalue weighted by Gasteiger charge is -2.21. The first-order chi connectivity index (χ1) is 12.7. The van der Waals surface area contributed by atoms with Crippen LogP contribution in [-0.4, -0.2) is 56.7 Å². The largest absolute Gasteiger partial charge is 0.444 e. The van der Waals surface area contributed by atoms with Crippen LogP contribution in [0.4, 0.5) is 0 Å². The number of oxazole rings is 1. The minimum Gasteiger partial charge on any atom is -0.444 e. The summed E-state index contributed by atoms with van der Waals surface area (Å²) in [5.41, 5.74) is 1.94. The van der Waals surface area contributed by atoms with Crippen molar-refractivity contribution < 1.29 is 9.21 Å². The average molecular weight is 374 g/mol. The topological polar surface area (TPSA) is 67.4 Å². The summed E-state index contributed by atoms with van der Waals surface area (Å²) in [6.07, 6.45) is 2.78. The Morgan fingerprint density at radius 1 is 1.19 bits per heavy atom. The van der Waals surface area contributed by atoms with Gasteiger partial charge in [-0.2, -0.15) is 5.10 Å². The maximum Gasteiger partial charge on any atom is 0.244 e. The number of rotatable bonds is 4. The molecule has 0 N–H and O–H groups in total. The molecule has 0 saturated carbocycles. The van der Waals surface area contributed by atoms with Crippen LogP contribution >= 0.6 is 0 Å². The first-order valence-electron chi connectivity index (χ1n) is 9.69. The highest BCUT2D eigenvalue weighted by atomic mass is 16.4. The minimum atomic E-state index is -0.0315. The Kier molecular flexibility index (Phi) is 5.69. The van der Waals surface area contributed by atoms with Crippen LogP contribution < -0.4 is 0 Å². The second-order valence-corrected chi connectivity index (χ2v) is 8.46. The van der Waals surface area contributed by atoms with Crippen molar-refractivity contribution >= 4 is 5.91 Å². The van der Waals surface area contributed by atoms with Gasteiger partial charge in [0, 0.05) is 37.3 Å². The Hall–Kier alpha value is -2.15. The second-order valence-electron chi connectivity index (χ2n) is 8.46. The normalized spacial score (nSPS) is 16.6. The predicted octanol–water partition coefficient (Wildman–Crippen LogP) is 2.52. The number of hydrogen-bond acceptors (Lipinski definition) is 5. The first kappa shape index (κ1) is 19.6. The van der Waals surface area contributed by atoms with Gasteiger partial charge in [0.1, 0.15) is 12.3 Å². The molecule has 2 aromatic rings. The lowest BCUT2D eigenvalue weighted by Crippen LogP contribution is -2.37. The number of hydrogen-bond donors (Lipinski definition) is 0. The van der Waals surface area contributed by atoms with E-state index in [4.69, 9.17) is 4.42 Å². The van der Waals surface area contributed by atoms with Crippen molar-refractivity contribution in [2.75, 3.05) is 26.2 Å². The van der Waals surface area contributed by atoms with Gasteiger partial charge in [0.25, 0.3) is 0 Å². The molecule has 0 atom stereocenters. The quantitative estimate of drug-likeness (QED) is 0.824. The third-order valence-corrected chi connectivity index (χ3v) is 4.98. The molecule has 148 valence electrons. The van der Waals surface area contributed by atoms with Gasteiger partial charge in [-0.05, 0) is 26.3 Å². The van der Waals surface area contributed by atoms with E-state index < -0.39 is 0 Å². The van der Waals surface area contributed by atoms with E-state index in [9.17, 15) is 4.79 Å². The molecular formula is C20H31N5O2. The highest BCUT2D eigenvalue weighted by molar-refractivity contribution is 5.76. The van der Waals surface area contributed by atoms with E-state index in [1.807, 2.05) is 31.0 Å². The summed E-state index contributed by atoms with van der Waals surface area (Å²) in [6.45, 7) is 14.6. The van der Waals surface area contributed by atoms with E-state index in [0.29, 0.717) is 13.1 Å². The van der Waals surface area contributed by atoms with Crippen LogP contribution in [0.15, 0.2) is 16.7 Å². The highest BCUT2D eigenvalue weighted by Crippen LogP contribution is 2.23. The number of carbonyl (C=O) groups is 1. The van der Waals surface area contributed by atoms with E-state index in [1.165, 1.54) is 0 Å². The molecule has 0 aliphatic carbocycles. The van der Waals surface area contributed by atoms with Crippen LogP contribution in [0.5, 0.6) is 0 Å². The number of carbonyl (C=O) groups excluding carboxylic acids is 1. The molecule has 1 amide bonds. The summed E-state index contributed by atoms with van der Waals surface area (Å²) in [7, 11) is 0. The average Bonchev–Trinajstić information content (AvgIpc) is 3.08. The molecule has 7 heteroatoms. The predicted molar refractivity (Wildman–Crippen MR) is 103 cm³/mol. The third kappa shape index (κ3) is 4.97. The molecule has 27 heavy (non-hydrogen) atoms. The maximum atomic E-state index is 12.7. The molecule has 1 saturated heterocycles. The van der Waals surface area contributed by atoms with E-state index in [-0.39, 0.29) is 11.3 Å². The molecule has 0 spiro atoms. The Morgan fingerprint density at radius 3 is 2.59 bits per heavy atom. The fourth-order valence-corrected chi connectivity index (χ4v) is 3.36. The van der Waals surface area contributed by atoms with Gasteiger partial charge in [-0.25, -0.2) is 4.98 Å². The second kappa shape index (κ2) is 7.84. The van der Waals surface area contributed by atoms with E-state index in [2.05, 4.69) is 35.8 Å². The monoisotopic (exact) mass is 373 g/mol. The summed E-state index contributed by atoms with van der Waals surface area (Å²) >= 11 is 0. The fourth-order valence-electron chi connectivity index (χ4n) is 3.36. The highest BCUT2D eigenvalue weighted by Gasteiger charge is 2.23. The molecule has 0 aromatic carbocycles. The summed E-state index contributed by atoms with van der Waals surface area (Å²) in [4.78, 5) is 21.4. The molecule has 0 radical (unpaired) electrons. The lowest BCUT2D eigenvalue weighted by molar-refractivity contribution is -0.131. The van der Waals surface area contributed by atoms with Gasteiger partial charge >= 0.3 is 0 Å². The van der Waals surface area contributed by atoms with Crippen LogP contribution in [0, 0.1) is 13.8 Å². The van der Waals surface area contributed by atoms with Crippen LogP contribution in [0.2, 0.25) is 0 Å². The smallest absolute Gasteiger partial charge is 0.244 e. The third-order valence-electron chi connectivity index (χ3n) is 4.98. The fraction of sp³-hybridized carbons (Fsp3) is 0.650. The van der Waals surface area contributed by atoms with Gasteiger partial charge in [-0.3, -0.25) is 14.4 Å². The van der Waals surface area contributed by atoms with Crippen molar-refractivity contribution in [2.45, 2.75) is 59.5 Å². The Morgan fingerprint density at radius 2 is 1.96 bits per heavy atom. The van der Waals surface area contributed by atoms with Crippen molar-refractivity contribution in [1.82, 2.24) is 24.6 Å². The standard InChI is InChI=1S/C20H31N5O2/c1-15-11-16(2)25(22-15)14-19(26)24-8-6-7-23(9-10-24)13-18-21-12-17(27-18)20(3,4)5/h11-12H,6-10,13-14H2,1-5H3. The number of nitrogens with zero attached hydrogens (tertiary/aromatic N) is 5. The first-order valence-corrected chi connectivity index (χ1v) is 9.69. The summed E-state index contributed by atoms with van der Waals surface area (Å²) < 4.78 is 7.71. The minimum absolute atomic E-state index is 0.0315. The van der Waals surface area contributed by atoms with Gasteiger partial charge in [0.15, 0.2) is 0 Å². The Bertz CT molecular complexity index is 787. The molecule has 1 aliphatic heterocycles. The zero-order chi connectivity index (χ0) is 19.6. The lowest BCUT2D eigenvalue weighted by atomic mass is 9.94. The molecule has 7 nitrogen and oxygen atoms in total. The number of amides is 1. The summed E-state index contributed by atoms with van der Waals surface area (Å²) in [5.74, 6) is 1.80. The van der Waals surface area contributed by atoms with Crippen molar-refractivity contribution in [3.63, 3.8) is 0 Å². The molecule has 2 aromatic heterocycles. The number of aryl methyl sites for hydroxylation is 2. The van der Waals surface area contributed by atoms with Crippen LogP contribution in [0.1, 0.15) is 50.2 Å². The molecule has 3 rings (SSSR count). The van der Waals surface area contributed by atoms with Crippen molar-refractivity contribution in [3.05, 3.63) is 35.3 Å². The van der Waals surface area contributed by atoms with Gasteiger partial charge in [-0.1, -0.05) is 20.8 Å². The molecular weight excluding hydrogens is 342 g/mol. The number of aromatic nitrogens is 3. The van der Waals surface area contributed by atoms with Crippen LogP contribution in [0.25, 0.3) is 0 Å². The van der Waals surface area contributed by atoms with Crippen LogP contribution in [-0.2, 0) is 23.3 Å². The molecule has 3 heterocycles. The molecule has 1 aliphatic rings. The van der Waals surface area contributed by atoms with Gasteiger partial charge in [-0.15, -0.1) is 0 Å². The Labute approximate surface area is 161 Å². The van der Waals surface area contributed by atoms with Crippen molar-refractivity contribution in [2.24, 2.45) is 0 Å². The van der Waals surface area contributed by atoms with Crippen LogP contribution in [0.3, 0.4) is 0 Å². The molecule has 1 fully saturated rings. The zero-order valence-electron chi connectivity index (χ0n) is 17.2. The van der Waals surface area contributed by atoms with E-state index in [0.717, 1.165) is 55.6 Å². The zero-order valence-corrected chi connectivity index (χ0v) is 17.2. The van der Waals surface area contributed by atoms with Crippen molar-refractivity contribution in [3.8, 4) is 0 Å². The van der Waals surface area contributed by atoms with Gasteiger partial charge < -0.3 is 9.32 Å². The van der Waals surface area contributed by atoms with Gasteiger partial charge in [0.2, 0.25) is 11.8 Å². The van der Waals surface area contributed by atoms with E-state index in [1.54, 1.807) is 4.68 Å². The van der Waals surface area contributed by atoms with E-state index >= 15 is 0 Å². The van der Waals surface area contributed by atoms with Gasteiger partial charge in [0.05, 0.1) is 18.4 Å². The SMILES string of the molecule is Cc1cc(C)n(CC(=O)N2CCCN(Cc3ncc(C(C)(C)C)o3)CC2)n1. The molecule has 0 unspecified atom stereocenters. The maximum absolute atomic E-state index is 12.7. The molecule has 0 bridgehead atoms. The summed E-state index contributed by atoms with van der Waals surface area (Å²) in [6, 6.07) is 2.00. The Balaban J connectivity index is 1.54. The van der Waals surface area contributed by atoms with Crippen molar-refractivity contribution in [1.29, 1.82) is 0 Å².